The first-order valence-corrected chi connectivity index (χ1v) is 15.5. The molecule has 6 aromatic carbocycles. The Morgan fingerprint density at radius 3 is 1.74 bits per heavy atom. The monoisotopic (exact) mass is 585 g/mol. The van der Waals surface area contributed by atoms with Gasteiger partial charge in [0.2, 0.25) is 0 Å². The van der Waals surface area contributed by atoms with Crippen LogP contribution >= 0.6 is 0 Å². The quantitative estimate of drug-likeness (QED) is 0.202. The van der Waals surface area contributed by atoms with Crippen molar-refractivity contribution in [3.63, 3.8) is 0 Å². The summed E-state index contributed by atoms with van der Waals surface area (Å²) < 4.78 is 0. The average Bonchev–Trinajstić information content (AvgIpc) is 3.47. The maximum Gasteiger partial charge on any atom is 0.160 e. The largest absolute Gasteiger partial charge is 0.264 e. The Morgan fingerprint density at radius 2 is 0.957 bits per heavy atom. The van der Waals surface area contributed by atoms with Crippen LogP contribution in [-0.4, -0.2) is 15.0 Å². The number of hydrogen-bond donors (Lipinski definition) is 0. The Bertz CT molecular complexity index is 2370. The van der Waals surface area contributed by atoms with Crippen LogP contribution in [0, 0.1) is 0 Å². The van der Waals surface area contributed by atoms with Gasteiger partial charge < -0.3 is 0 Å². The Morgan fingerprint density at radius 1 is 0.348 bits per heavy atom. The topological polar surface area (TPSA) is 38.7 Å². The molecule has 0 saturated carbocycles. The van der Waals surface area contributed by atoms with E-state index in [9.17, 15) is 0 Å². The zero-order chi connectivity index (χ0) is 30.5. The van der Waals surface area contributed by atoms with Crippen LogP contribution < -0.4 is 0 Å². The number of rotatable bonds is 5. The minimum Gasteiger partial charge on any atom is -0.264 e. The van der Waals surface area contributed by atoms with Crippen molar-refractivity contribution in [2.24, 2.45) is 0 Å². The molecule has 3 heteroatoms. The van der Waals surface area contributed by atoms with Gasteiger partial charge in [0, 0.05) is 34.6 Å². The fourth-order valence-corrected chi connectivity index (χ4v) is 6.73. The number of aromatic nitrogens is 3. The van der Waals surface area contributed by atoms with Gasteiger partial charge in [-0.2, -0.15) is 0 Å². The first-order chi connectivity index (χ1) is 22.8. The molecule has 0 bridgehead atoms. The van der Waals surface area contributed by atoms with E-state index in [1.807, 2.05) is 30.5 Å². The van der Waals surface area contributed by atoms with E-state index in [0.717, 1.165) is 39.2 Å². The predicted octanol–water partition coefficient (Wildman–Crippen LogP) is 11.0. The normalized spacial score (nSPS) is 11.5. The van der Waals surface area contributed by atoms with Crippen molar-refractivity contribution in [1.82, 2.24) is 15.0 Å². The first kappa shape index (κ1) is 26.2. The number of benzene rings is 6. The lowest BCUT2D eigenvalue weighted by Crippen LogP contribution is -1.96. The second kappa shape index (κ2) is 10.8. The van der Waals surface area contributed by atoms with E-state index in [4.69, 9.17) is 9.97 Å². The molecule has 0 atom stereocenters. The summed E-state index contributed by atoms with van der Waals surface area (Å²) in [7, 11) is 0. The fraction of sp³-hybridized carbons (Fsp3) is 0. The summed E-state index contributed by atoms with van der Waals surface area (Å²) in [6, 6.07) is 53.5. The van der Waals surface area contributed by atoms with Gasteiger partial charge in [-0.15, -0.1) is 0 Å². The zero-order valence-electron chi connectivity index (χ0n) is 24.9. The minimum absolute atomic E-state index is 0.705. The Labute approximate surface area is 267 Å². The third-order valence-electron chi connectivity index (χ3n) is 8.95. The molecular weight excluding hydrogens is 558 g/mol. The van der Waals surface area contributed by atoms with Crippen LogP contribution in [0.4, 0.5) is 0 Å². The first-order valence-electron chi connectivity index (χ1n) is 15.5. The van der Waals surface area contributed by atoms with E-state index in [-0.39, 0.29) is 0 Å². The van der Waals surface area contributed by atoms with Crippen LogP contribution in [0.1, 0.15) is 0 Å². The molecule has 1 aliphatic rings. The lowest BCUT2D eigenvalue weighted by atomic mass is 9.93. The number of hydrogen-bond acceptors (Lipinski definition) is 3. The van der Waals surface area contributed by atoms with Crippen molar-refractivity contribution < 1.29 is 0 Å². The summed E-state index contributed by atoms with van der Waals surface area (Å²) in [4.78, 5) is 14.4. The molecule has 0 saturated heterocycles. The minimum atomic E-state index is 0.705. The maximum absolute atomic E-state index is 5.07. The van der Waals surface area contributed by atoms with Gasteiger partial charge in [0.25, 0.3) is 0 Å². The van der Waals surface area contributed by atoms with Gasteiger partial charge in [0.05, 0.1) is 11.4 Å². The molecule has 214 valence electrons. The lowest BCUT2D eigenvalue weighted by molar-refractivity contribution is 1.18. The van der Waals surface area contributed by atoms with Crippen LogP contribution in [0.3, 0.4) is 0 Å². The Hall–Kier alpha value is -6.19. The van der Waals surface area contributed by atoms with E-state index < -0.39 is 0 Å². The molecule has 0 radical (unpaired) electrons. The van der Waals surface area contributed by atoms with Crippen LogP contribution in [-0.2, 0) is 0 Å². The van der Waals surface area contributed by atoms with E-state index in [1.54, 1.807) is 6.20 Å². The lowest BCUT2D eigenvalue weighted by Gasteiger charge is -2.12. The smallest absolute Gasteiger partial charge is 0.160 e. The highest BCUT2D eigenvalue weighted by Crippen LogP contribution is 2.49. The molecule has 2 aromatic heterocycles. The molecular formula is C43H27N3. The van der Waals surface area contributed by atoms with Gasteiger partial charge in [0.15, 0.2) is 5.82 Å². The third kappa shape index (κ3) is 4.41. The molecule has 0 amide bonds. The molecule has 0 aliphatic heterocycles. The molecule has 2 heterocycles. The van der Waals surface area contributed by atoms with Gasteiger partial charge >= 0.3 is 0 Å². The van der Waals surface area contributed by atoms with E-state index >= 15 is 0 Å². The van der Waals surface area contributed by atoms with Gasteiger partial charge in [-0.05, 0) is 67.9 Å². The highest BCUT2D eigenvalue weighted by molar-refractivity contribution is 6.18. The predicted molar refractivity (Wildman–Crippen MR) is 189 cm³/mol. The van der Waals surface area contributed by atoms with Crippen molar-refractivity contribution in [2.45, 2.75) is 0 Å². The van der Waals surface area contributed by atoms with E-state index in [2.05, 4.69) is 132 Å². The Balaban J connectivity index is 1.14. The zero-order valence-corrected chi connectivity index (χ0v) is 24.9. The van der Waals surface area contributed by atoms with Crippen molar-refractivity contribution in [3.8, 4) is 78.4 Å². The standard InChI is InChI=1S/C43H27N3/c1-2-9-30(10-3-1)43-45-40(26-41(46-43)32-12-6-11-31(25-32)33-13-8-24-44-27-33)29-20-18-28(19-21-29)34-22-23-39-36-15-5-4-14-35(36)38-17-7-16-37(34)42(38)39/h1-27H. The summed E-state index contributed by atoms with van der Waals surface area (Å²) in [5.74, 6) is 0.705. The van der Waals surface area contributed by atoms with Gasteiger partial charge in [-0.1, -0.05) is 133 Å². The van der Waals surface area contributed by atoms with Gasteiger partial charge in [0.1, 0.15) is 0 Å². The van der Waals surface area contributed by atoms with Crippen LogP contribution in [0.15, 0.2) is 164 Å². The third-order valence-corrected chi connectivity index (χ3v) is 8.95. The van der Waals surface area contributed by atoms with E-state index in [0.29, 0.717) is 5.82 Å². The molecule has 0 spiro atoms. The second-order valence-electron chi connectivity index (χ2n) is 11.7. The number of nitrogens with zero attached hydrogens (tertiary/aromatic N) is 3. The molecule has 8 aromatic rings. The fourth-order valence-electron chi connectivity index (χ4n) is 6.73. The van der Waals surface area contributed by atoms with Crippen LogP contribution in [0.25, 0.3) is 89.2 Å². The van der Waals surface area contributed by atoms with Crippen molar-refractivity contribution in [3.05, 3.63) is 164 Å². The molecule has 0 fully saturated rings. The summed E-state index contributed by atoms with van der Waals surface area (Å²) in [5, 5.41) is 2.62. The second-order valence-corrected chi connectivity index (χ2v) is 11.7. The van der Waals surface area contributed by atoms with Crippen LogP contribution in [0.5, 0.6) is 0 Å². The summed E-state index contributed by atoms with van der Waals surface area (Å²) in [6.07, 6.45) is 3.69. The maximum atomic E-state index is 5.07. The molecule has 46 heavy (non-hydrogen) atoms. The highest BCUT2D eigenvalue weighted by Gasteiger charge is 2.22. The van der Waals surface area contributed by atoms with Gasteiger partial charge in [-0.25, -0.2) is 9.97 Å². The molecule has 3 nitrogen and oxygen atoms in total. The van der Waals surface area contributed by atoms with Crippen molar-refractivity contribution >= 4 is 10.8 Å². The summed E-state index contributed by atoms with van der Waals surface area (Å²) in [5.41, 5.74) is 14.7. The average molecular weight is 586 g/mol. The van der Waals surface area contributed by atoms with Crippen molar-refractivity contribution in [1.29, 1.82) is 0 Å². The van der Waals surface area contributed by atoms with Crippen LogP contribution in [0.2, 0.25) is 0 Å². The SMILES string of the molecule is c1ccc(-c2nc(-c3ccc(-c4ccc5c6c(cccc46)-c4ccccc4-5)cc3)cc(-c3cccc(-c4cccnc4)c3)n2)cc1. The Kier molecular flexibility index (Phi) is 6.14. The molecule has 0 N–H and O–H groups in total. The number of fused-ring (bicyclic) bond motifs is 3. The molecule has 0 unspecified atom stereocenters. The molecule has 9 rings (SSSR count). The van der Waals surface area contributed by atoms with E-state index in [1.165, 1.54) is 44.2 Å². The summed E-state index contributed by atoms with van der Waals surface area (Å²) in [6.45, 7) is 0. The number of pyridine rings is 1. The molecule has 1 aliphatic carbocycles. The van der Waals surface area contributed by atoms with Gasteiger partial charge in [-0.3, -0.25) is 4.98 Å². The highest BCUT2D eigenvalue weighted by atomic mass is 14.9. The van der Waals surface area contributed by atoms with Crippen molar-refractivity contribution in [2.75, 3.05) is 0 Å². The summed E-state index contributed by atoms with van der Waals surface area (Å²) >= 11 is 0.